The summed E-state index contributed by atoms with van der Waals surface area (Å²) in [4.78, 5) is 8.34. The van der Waals surface area contributed by atoms with Crippen molar-refractivity contribution in [3.8, 4) is 0 Å². The molecular formula is C13H15BrN4. The maximum atomic E-state index is 5.64. The quantitative estimate of drug-likeness (QED) is 0.672. The van der Waals surface area contributed by atoms with Crippen LogP contribution in [0, 0.1) is 6.92 Å². The van der Waals surface area contributed by atoms with Crippen molar-refractivity contribution in [1.82, 2.24) is 15.4 Å². The molecule has 0 spiro atoms. The maximum Gasteiger partial charge on any atom is 0.0502 e. The smallest absolute Gasteiger partial charge is 0.0502 e. The molecule has 94 valence electrons. The lowest BCUT2D eigenvalue weighted by atomic mass is 10.0. The van der Waals surface area contributed by atoms with Gasteiger partial charge in [-0.25, -0.2) is 0 Å². The number of nitrogens with two attached hydrogens (primary N) is 1. The van der Waals surface area contributed by atoms with Crippen molar-refractivity contribution in [1.29, 1.82) is 0 Å². The molecule has 0 aliphatic heterocycles. The Kier molecular flexibility index (Phi) is 4.41. The van der Waals surface area contributed by atoms with Crippen molar-refractivity contribution >= 4 is 15.9 Å². The molecule has 0 radical (unpaired) electrons. The normalized spacial score (nSPS) is 12.4. The third-order valence-electron chi connectivity index (χ3n) is 2.73. The van der Waals surface area contributed by atoms with Crippen LogP contribution in [0.2, 0.25) is 0 Å². The highest BCUT2D eigenvalue weighted by Crippen LogP contribution is 2.19. The lowest BCUT2D eigenvalue weighted by Gasteiger charge is -2.16. The standard InChI is InChI=1S/C13H15BrN4/c1-9-4-11(2-3-17-9)13(18-15)6-10-5-12(14)8-16-7-10/h2-5,7-8,13,18H,6,15H2,1H3. The van der Waals surface area contributed by atoms with Crippen LogP contribution in [0.1, 0.15) is 22.9 Å². The van der Waals surface area contributed by atoms with Crippen LogP contribution in [-0.4, -0.2) is 9.97 Å². The van der Waals surface area contributed by atoms with Gasteiger partial charge < -0.3 is 0 Å². The van der Waals surface area contributed by atoms with Crippen LogP contribution in [0.5, 0.6) is 0 Å². The van der Waals surface area contributed by atoms with Crippen LogP contribution in [0.3, 0.4) is 0 Å². The molecular weight excluding hydrogens is 292 g/mol. The van der Waals surface area contributed by atoms with Crippen LogP contribution in [-0.2, 0) is 6.42 Å². The van der Waals surface area contributed by atoms with E-state index in [1.807, 2.05) is 31.3 Å². The van der Waals surface area contributed by atoms with Crippen molar-refractivity contribution < 1.29 is 0 Å². The predicted molar refractivity (Wildman–Crippen MR) is 74.7 cm³/mol. The zero-order valence-electron chi connectivity index (χ0n) is 10.1. The minimum absolute atomic E-state index is 0.0581. The van der Waals surface area contributed by atoms with Gasteiger partial charge in [0, 0.05) is 28.8 Å². The second-order valence-corrected chi connectivity index (χ2v) is 5.08. The highest BCUT2D eigenvalue weighted by atomic mass is 79.9. The number of hydrogen-bond acceptors (Lipinski definition) is 4. The van der Waals surface area contributed by atoms with Crippen LogP contribution in [0.4, 0.5) is 0 Å². The highest BCUT2D eigenvalue weighted by Gasteiger charge is 2.11. The Morgan fingerprint density at radius 2 is 2.22 bits per heavy atom. The first-order chi connectivity index (χ1) is 8.69. The monoisotopic (exact) mass is 306 g/mol. The highest BCUT2D eigenvalue weighted by molar-refractivity contribution is 9.10. The molecule has 5 heteroatoms. The first-order valence-corrected chi connectivity index (χ1v) is 6.46. The van der Waals surface area contributed by atoms with Gasteiger partial charge in [-0.3, -0.25) is 21.2 Å². The van der Waals surface area contributed by atoms with E-state index in [-0.39, 0.29) is 6.04 Å². The predicted octanol–water partition coefficient (Wildman–Crippen LogP) is 2.29. The lowest BCUT2D eigenvalue weighted by molar-refractivity contribution is 0.550. The van der Waals surface area contributed by atoms with Gasteiger partial charge >= 0.3 is 0 Å². The molecule has 2 aromatic rings. The fraction of sp³-hybridized carbons (Fsp3) is 0.231. The SMILES string of the molecule is Cc1cc(C(Cc2cncc(Br)c2)NN)ccn1. The van der Waals surface area contributed by atoms with E-state index in [1.54, 1.807) is 12.4 Å². The third-order valence-corrected chi connectivity index (χ3v) is 3.16. The van der Waals surface area contributed by atoms with Gasteiger partial charge in [0.15, 0.2) is 0 Å². The Morgan fingerprint density at radius 1 is 1.39 bits per heavy atom. The molecule has 18 heavy (non-hydrogen) atoms. The van der Waals surface area contributed by atoms with Gasteiger partial charge in [-0.2, -0.15) is 0 Å². The summed E-state index contributed by atoms with van der Waals surface area (Å²) in [5, 5.41) is 0. The van der Waals surface area contributed by atoms with E-state index in [2.05, 4.69) is 31.3 Å². The summed E-state index contributed by atoms with van der Waals surface area (Å²) >= 11 is 3.42. The first kappa shape index (κ1) is 13.1. The molecule has 4 nitrogen and oxygen atoms in total. The molecule has 1 atom stereocenters. The number of nitrogens with one attached hydrogen (secondary N) is 1. The van der Waals surface area contributed by atoms with E-state index < -0.39 is 0 Å². The molecule has 0 aromatic carbocycles. The topological polar surface area (TPSA) is 63.8 Å². The number of halogens is 1. The summed E-state index contributed by atoms with van der Waals surface area (Å²) in [5.74, 6) is 5.64. The zero-order valence-corrected chi connectivity index (χ0v) is 11.7. The van der Waals surface area contributed by atoms with Crippen molar-refractivity contribution in [3.05, 3.63) is 58.1 Å². The molecule has 0 fully saturated rings. The van der Waals surface area contributed by atoms with E-state index in [0.717, 1.165) is 27.7 Å². The van der Waals surface area contributed by atoms with Crippen molar-refractivity contribution in [2.45, 2.75) is 19.4 Å². The summed E-state index contributed by atoms with van der Waals surface area (Å²) < 4.78 is 0.974. The average Bonchev–Trinajstić information content (AvgIpc) is 2.36. The Labute approximate surface area is 115 Å². The second kappa shape index (κ2) is 6.04. The van der Waals surface area contributed by atoms with Gasteiger partial charge in [0.25, 0.3) is 0 Å². The molecule has 0 aliphatic rings. The molecule has 0 amide bonds. The minimum atomic E-state index is 0.0581. The maximum absolute atomic E-state index is 5.64. The first-order valence-electron chi connectivity index (χ1n) is 5.67. The van der Waals surface area contributed by atoms with Gasteiger partial charge in [0.2, 0.25) is 0 Å². The minimum Gasteiger partial charge on any atom is -0.271 e. The number of nitrogens with zero attached hydrogens (tertiary/aromatic N) is 2. The summed E-state index contributed by atoms with van der Waals surface area (Å²) in [5.41, 5.74) is 6.09. The zero-order chi connectivity index (χ0) is 13.0. The van der Waals surface area contributed by atoms with Crippen LogP contribution in [0.15, 0.2) is 41.3 Å². The Morgan fingerprint density at radius 3 is 2.89 bits per heavy atom. The molecule has 0 saturated heterocycles. The average molecular weight is 307 g/mol. The number of hydrazine groups is 1. The van der Waals surface area contributed by atoms with Gasteiger partial charge in [0.05, 0.1) is 6.04 Å². The van der Waals surface area contributed by atoms with Crippen molar-refractivity contribution in [2.24, 2.45) is 5.84 Å². The van der Waals surface area contributed by atoms with E-state index in [0.29, 0.717) is 0 Å². The fourth-order valence-electron chi connectivity index (χ4n) is 1.86. The number of aryl methyl sites for hydroxylation is 1. The summed E-state index contributed by atoms with van der Waals surface area (Å²) in [7, 11) is 0. The Bertz CT molecular complexity index is 530. The van der Waals surface area contributed by atoms with Crippen LogP contribution >= 0.6 is 15.9 Å². The van der Waals surface area contributed by atoms with E-state index in [4.69, 9.17) is 5.84 Å². The number of rotatable bonds is 4. The van der Waals surface area contributed by atoms with Gasteiger partial charge in [0.1, 0.15) is 0 Å². The van der Waals surface area contributed by atoms with Crippen LogP contribution < -0.4 is 11.3 Å². The van der Waals surface area contributed by atoms with E-state index in [1.165, 1.54) is 0 Å². The largest absolute Gasteiger partial charge is 0.271 e. The second-order valence-electron chi connectivity index (χ2n) is 4.17. The Hall–Kier alpha value is -1.30. The van der Waals surface area contributed by atoms with Crippen molar-refractivity contribution in [2.75, 3.05) is 0 Å². The summed E-state index contributed by atoms with van der Waals surface area (Å²) in [6, 6.07) is 6.12. The van der Waals surface area contributed by atoms with Gasteiger partial charge in [-0.15, -0.1) is 0 Å². The summed E-state index contributed by atoms with van der Waals surface area (Å²) in [6.45, 7) is 1.97. The fourth-order valence-corrected chi connectivity index (χ4v) is 2.27. The summed E-state index contributed by atoms with van der Waals surface area (Å²) in [6.07, 6.45) is 6.20. The molecule has 0 bridgehead atoms. The van der Waals surface area contributed by atoms with Crippen molar-refractivity contribution in [3.63, 3.8) is 0 Å². The molecule has 3 N–H and O–H groups in total. The Balaban J connectivity index is 2.19. The van der Waals surface area contributed by atoms with Gasteiger partial charge in [-0.05, 0) is 58.6 Å². The molecule has 2 rings (SSSR count). The molecule has 2 aromatic heterocycles. The lowest BCUT2D eigenvalue weighted by Crippen LogP contribution is -2.29. The molecule has 1 unspecified atom stereocenters. The molecule has 0 saturated carbocycles. The van der Waals surface area contributed by atoms with Crippen LogP contribution in [0.25, 0.3) is 0 Å². The number of pyridine rings is 2. The van der Waals surface area contributed by atoms with Gasteiger partial charge in [-0.1, -0.05) is 0 Å². The third kappa shape index (κ3) is 3.35. The van der Waals surface area contributed by atoms with E-state index in [9.17, 15) is 0 Å². The number of aromatic nitrogens is 2. The number of hydrogen-bond donors (Lipinski definition) is 2. The molecule has 2 heterocycles. The molecule has 0 aliphatic carbocycles. The van der Waals surface area contributed by atoms with E-state index >= 15 is 0 Å².